The van der Waals surface area contributed by atoms with E-state index in [1.165, 1.54) is 12.0 Å². The predicted molar refractivity (Wildman–Crippen MR) is 68.6 cm³/mol. The molecule has 2 rings (SSSR count). The molecule has 1 atom stereocenters. The molecule has 1 aliphatic heterocycles. The van der Waals surface area contributed by atoms with Crippen LogP contribution in [0.15, 0.2) is 18.2 Å². The number of rotatable bonds is 6. The van der Waals surface area contributed by atoms with Crippen LogP contribution in [-0.2, 0) is 6.42 Å². The van der Waals surface area contributed by atoms with E-state index in [0.717, 1.165) is 30.9 Å². The Kier molecular flexibility index (Phi) is 4.26. The van der Waals surface area contributed by atoms with Gasteiger partial charge in [-0.1, -0.05) is 13.0 Å². The smallest absolute Gasteiger partial charge is 0.231 e. The Balaban J connectivity index is 1.83. The second-order valence-corrected chi connectivity index (χ2v) is 4.58. The van der Waals surface area contributed by atoms with E-state index in [0.29, 0.717) is 12.8 Å². The fourth-order valence-corrected chi connectivity index (χ4v) is 1.97. The molecule has 0 aromatic heterocycles. The van der Waals surface area contributed by atoms with E-state index in [2.05, 4.69) is 31.3 Å². The normalized spacial score (nSPS) is 14.9. The first-order valence-electron chi connectivity index (χ1n) is 6.41. The first-order chi connectivity index (χ1) is 8.29. The van der Waals surface area contributed by atoms with Crippen LogP contribution in [0.5, 0.6) is 11.5 Å². The summed E-state index contributed by atoms with van der Waals surface area (Å²) in [5.74, 6) is 1.75. The predicted octanol–water partition coefficient (Wildman–Crippen LogP) is 2.74. The lowest BCUT2D eigenvalue weighted by atomic mass is 10.1. The van der Waals surface area contributed by atoms with Crippen molar-refractivity contribution in [1.82, 2.24) is 5.32 Å². The highest BCUT2D eigenvalue weighted by molar-refractivity contribution is 5.44. The van der Waals surface area contributed by atoms with E-state index in [-0.39, 0.29) is 0 Å². The molecule has 0 aliphatic carbocycles. The van der Waals surface area contributed by atoms with E-state index < -0.39 is 0 Å². The summed E-state index contributed by atoms with van der Waals surface area (Å²) in [4.78, 5) is 0. The van der Waals surface area contributed by atoms with E-state index in [9.17, 15) is 0 Å². The van der Waals surface area contributed by atoms with Gasteiger partial charge in [-0.2, -0.15) is 0 Å². The summed E-state index contributed by atoms with van der Waals surface area (Å²) in [6.45, 7) is 5.88. The second kappa shape index (κ2) is 5.92. The summed E-state index contributed by atoms with van der Waals surface area (Å²) in [5.41, 5.74) is 1.32. The topological polar surface area (TPSA) is 30.5 Å². The van der Waals surface area contributed by atoms with Gasteiger partial charge >= 0.3 is 0 Å². The molecule has 0 saturated carbocycles. The summed E-state index contributed by atoms with van der Waals surface area (Å²) < 4.78 is 10.7. The van der Waals surface area contributed by atoms with Crippen LogP contribution in [0.4, 0.5) is 0 Å². The van der Waals surface area contributed by atoms with Gasteiger partial charge in [-0.3, -0.25) is 0 Å². The van der Waals surface area contributed by atoms with Crippen molar-refractivity contribution in [2.45, 2.75) is 39.2 Å². The Hall–Kier alpha value is -1.22. The molecule has 3 heteroatoms. The van der Waals surface area contributed by atoms with Crippen molar-refractivity contribution in [2.24, 2.45) is 0 Å². The molecule has 1 N–H and O–H groups in total. The molecule has 17 heavy (non-hydrogen) atoms. The monoisotopic (exact) mass is 235 g/mol. The van der Waals surface area contributed by atoms with Crippen LogP contribution in [0.1, 0.15) is 32.3 Å². The van der Waals surface area contributed by atoms with Gasteiger partial charge in [0.1, 0.15) is 0 Å². The number of hydrogen-bond donors (Lipinski definition) is 1. The average Bonchev–Trinajstić information content (AvgIpc) is 2.81. The lowest BCUT2D eigenvalue weighted by molar-refractivity contribution is 0.174. The van der Waals surface area contributed by atoms with Gasteiger partial charge in [0.05, 0.1) is 0 Å². The molecular weight excluding hydrogens is 214 g/mol. The Bertz CT molecular complexity index is 365. The fraction of sp³-hybridized carbons (Fsp3) is 0.571. The van der Waals surface area contributed by atoms with Gasteiger partial charge in [-0.15, -0.1) is 0 Å². The first-order valence-corrected chi connectivity index (χ1v) is 6.41. The van der Waals surface area contributed by atoms with E-state index in [1.54, 1.807) is 0 Å². The van der Waals surface area contributed by atoms with Crippen LogP contribution in [0, 0.1) is 0 Å². The van der Waals surface area contributed by atoms with Crippen molar-refractivity contribution in [3.8, 4) is 11.5 Å². The minimum atomic E-state index is 0.354. The maximum absolute atomic E-state index is 5.37. The lowest BCUT2D eigenvalue weighted by Crippen LogP contribution is -2.27. The van der Waals surface area contributed by atoms with Crippen LogP contribution in [-0.4, -0.2) is 19.4 Å². The number of nitrogens with one attached hydrogen (secondary N) is 1. The summed E-state index contributed by atoms with van der Waals surface area (Å²) in [5, 5.41) is 3.50. The quantitative estimate of drug-likeness (QED) is 0.822. The Morgan fingerprint density at radius 2 is 2.12 bits per heavy atom. The zero-order valence-electron chi connectivity index (χ0n) is 10.7. The molecule has 1 aromatic carbocycles. The highest BCUT2D eigenvalue weighted by Gasteiger charge is 2.13. The van der Waals surface area contributed by atoms with Gasteiger partial charge in [0.25, 0.3) is 0 Å². The molecule has 94 valence electrons. The largest absolute Gasteiger partial charge is 0.454 e. The Morgan fingerprint density at radius 3 is 2.94 bits per heavy atom. The van der Waals surface area contributed by atoms with Crippen LogP contribution in [0.3, 0.4) is 0 Å². The highest BCUT2D eigenvalue weighted by atomic mass is 16.7. The third-order valence-corrected chi connectivity index (χ3v) is 3.05. The highest BCUT2D eigenvalue weighted by Crippen LogP contribution is 2.32. The van der Waals surface area contributed by atoms with Gasteiger partial charge in [0.15, 0.2) is 11.5 Å². The van der Waals surface area contributed by atoms with Crippen molar-refractivity contribution < 1.29 is 9.47 Å². The number of aryl methyl sites for hydroxylation is 1. The van der Waals surface area contributed by atoms with E-state index >= 15 is 0 Å². The van der Waals surface area contributed by atoms with Crippen LogP contribution < -0.4 is 14.8 Å². The summed E-state index contributed by atoms with van der Waals surface area (Å²) >= 11 is 0. The molecular formula is C14H21NO2. The third kappa shape index (κ3) is 3.37. The van der Waals surface area contributed by atoms with Crippen LogP contribution >= 0.6 is 0 Å². The first kappa shape index (κ1) is 12.2. The number of fused-ring (bicyclic) bond motifs is 1. The Morgan fingerprint density at radius 1 is 1.29 bits per heavy atom. The summed E-state index contributed by atoms with van der Waals surface area (Å²) in [7, 11) is 0. The summed E-state index contributed by atoms with van der Waals surface area (Å²) in [6, 6.07) is 6.79. The summed E-state index contributed by atoms with van der Waals surface area (Å²) in [6.07, 6.45) is 3.42. The van der Waals surface area contributed by atoms with Crippen LogP contribution in [0.2, 0.25) is 0 Å². The van der Waals surface area contributed by atoms with Gasteiger partial charge in [-0.05, 0) is 50.4 Å². The van der Waals surface area contributed by atoms with Crippen molar-refractivity contribution in [3.63, 3.8) is 0 Å². The average molecular weight is 235 g/mol. The second-order valence-electron chi connectivity index (χ2n) is 4.58. The van der Waals surface area contributed by atoms with Crippen molar-refractivity contribution in [3.05, 3.63) is 23.8 Å². The molecule has 1 aliphatic rings. The maximum Gasteiger partial charge on any atom is 0.231 e. The zero-order chi connectivity index (χ0) is 12.1. The lowest BCUT2D eigenvalue weighted by Gasteiger charge is -2.12. The molecule has 0 radical (unpaired) electrons. The molecule has 0 bridgehead atoms. The zero-order valence-corrected chi connectivity index (χ0v) is 10.7. The number of ether oxygens (including phenoxy) is 2. The fourth-order valence-electron chi connectivity index (χ4n) is 1.97. The number of hydrogen-bond acceptors (Lipinski definition) is 3. The van der Waals surface area contributed by atoms with Crippen molar-refractivity contribution in [2.75, 3.05) is 13.3 Å². The van der Waals surface area contributed by atoms with Gasteiger partial charge in [0.2, 0.25) is 6.79 Å². The SMILES string of the molecule is CCCNC(C)CCc1ccc2c(c1)OCO2. The molecule has 1 aromatic rings. The maximum atomic E-state index is 5.37. The van der Waals surface area contributed by atoms with E-state index in [1.807, 2.05) is 6.07 Å². The van der Waals surface area contributed by atoms with Gasteiger partial charge < -0.3 is 14.8 Å². The van der Waals surface area contributed by atoms with E-state index in [4.69, 9.17) is 9.47 Å². The standard InChI is InChI=1S/C14H21NO2/c1-3-8-15-11(2)4-5-12-6-7-13-14(9-12)17-10-16-13/h6-7,9,11,15H,3-5,8,10H2,1-2H3. The van der Waals surface area contributed by atoms with Crippen LogP contribution in [0.25, 0.3) is 0 Å². The Labute approximate surface area is 103 Å². The molecule has 0 saturated heterocycles. The number of benzene rings is 1. The van der Waals surface area contributed by atoms with Crippen molar-refractivity contribution in [1.29, 1.82) is 0 Å². The molecule has 0 fully saturated rings. The minimum absolute atomic E-state index is 0.354. The van der Waals surface area contributed by atoms with Crippen molar-refractivity contribution >= 4 is 0 Å². The molecule has 0 spiro atoms. The minimum Gasteiger partial charge on any atom is -0.454 e. The molecule has 3 nitrogen and oxygen atoms in total. The third-order valence-electron chi connectivity index (χ3n) is 3.05. The molecule has 0 amide bonds. The van der Waals surface area contributed by atoms with Gasteiger partial charge in [-0.25, -0.2) is 0 Å². The molecule has 1 heterocycles. The van der Waals surface area contributed by atoms with Gasteiger partial charge in [0, 0.05) is 6.04 Å². The molecule has 1 unspecified atom stereocenters.